The Kier molecular flexibility index (Phi) is 4.42. The van der Waals surface area contributed by atoms with Gasteiger partial charge in [0.05, 0.1) is 29.6 Å². The van der Waals surface area contributed by atoms with Crippen molar-refractivity contribution in [2.24, 2.45) is 5.92 Å². The molecule has 5 heteroatoms. The number of nitrogens with zero attached hydrogens (tertiary/aromatic N) is 2. The predicted octanol–water partition coefficient (Wildman–Crippen LogP) is 3.76. The second-order valence-corrected chi connectivity index (χ2v) is 5.20. The Morgan fingerprint density at radius 2 is 2.16 bits per heavy atom. The molecule has 0 saturated heterocycles. The number of alkyl halides is 1. The largest absolute Gasteiger partial charge is 0.383 e. The summed E-state index contributed by atoms with van der Waals surface area (Å²) in [6.07, 6.45) is 0. The van der Waals surface area contributed by atoms with Crippen LogP contribution >= 0.6 is 11.6 Å². The first-order valence-corrected chi connectivity index (χ1v) is 6.83. The van der Waals surface area contributed by atoms with Crippen LogP contribution in [0.5, 0.6) is 0 Å². The zero-order valence-corrected chi connectivity index (χ0v) is 12.1. The minimum Gasteiger partial charge on any atom is -0.383 e. The molecule has 2 rings (SSSR count). The van der Waals surface area contributed by atoms with Gasteiger partial charge in [-0.15, -0.1) is 11.6 Å². The van der Waals surface area contributed by atoms with Gasteiger partial charge in [-0.1, -0.05) is 13.8 Å². The van der Waals surface area contributed by atoms with Gasteiger partial charge in [-0.3, -0.25) is 0 Å². The molecule has 0 saturated carbocycles. The molecule has 2 aromatic rings. The Morgan fingerprint density at radius 3 is 2.74 bits per heavy atom. The number of fused-ring (bicyclic) bond motifs is 1. The number of methoxy groups -OCH3 is 1. The summed E-state index contributed by atoms with van der Waals surface area (Å²) in [7, 11) is 1.66. The molecule has 1 atom stereocenters. The molecule has 0 spiro atoms. The normalized spacial score (nSPS) is 13.4. The first-order chi connectivity index (χ1) is 9.08. The van der Waals surface area contributed by atoms with Crippen LogP contribution in [-0.2, 0) is 10.6 Å². The number of hydrogen-bond acceptors (Lipinski definition) is 2. The lowest BCUT2D eigenvalue weighted by Crippen LogP contribution is -2.22. The molecule has 19 heavy (non-hydrogen) atoms. The summed E-state index contributed by atoms with van der Waals surface area (Å²) in [5.74, 6) is 1.11. The molecular formula is C14H18ClFN2O. The number of hydrogen-bond donors (Lipinski definition) is 0. The SMILES string of the molecule is COCC(C(C)C)n1c(CCl)nc2ccc(F)cc21. The smallest absolute Gasteiger partial charge is 0.125 e. The number of aromatic nitrogens is 2. The van der Waals surface area contributed by atoms with Crippen LogP contribution in [0.15, 0.2) is 18.2 Å². The van der Waals surface area contributed by atoms with E-state index in [1.54, 1.807) is 13.2 Å². The van der Waals surface area contributed by atoms with Gasteiger partial charge in [0.15, 0.2) is 0 Å². The maximum absolute atomic E-state index is 13.5. The molecule has 1 heterocycles. The Hall–Kier alpha value is -1.13. The predicted molar refractivity (Wildman–Crippen MR) is 75.0 cm³/mol. The average Bonchev–Trinajstić information content (AvgIpc) is 2.73. The summed E-state index contributed by atoms with van der Waals surface area (Å²) >= 11 is 5.97. The van der Waals surface area contributed by atoms with E-state index in [0.717, 1.165) is 16.9 Å². The van der Waals surface area contributed by atoms with Gasteiger partial charge in [0, 0.05) is 7.11 Å². The van der Waals surface area contributed by atoms with E-state index in [-0.39, 0.29) is 11.9 Å². The van der Waals surface area contributed by atoms with Crippen molar-refractivity contribution in [1.29, 1.82) is 0 Å². The van der Waals surface area contributed by atoms with Crippen molar-refractivity contribution < 1.29 is 9.13 Å². The maximum atomic E-state index is 13.5. The van der Waals surface area contributed by atoms with Gasteiger partial charge < -0.3 is 9.30 Å². The molecule has 1 aromatic carbocycles. The Morgan fingerprint density at radius 1 is 1.42 bits per heavy atom. The molecule has 0 aliphatic carbocycles. The van der Waals surface area contributed by atoms with Crippen LogP contribution < -0.4 is 0 Å². The molecule has 0 fully saturated rings. The Bertz CT molecular complexity index is 568. The van der Waals surface area contributed by atoms with Crippen molar-refractivity contribution in [3.8, 4) is 0 Å². The van der Waals surface area contributed by atoms with E-state index < -0.39 is 0 Å². The summed E-state index contributed by atoms with van der Waals surface area (Å²) in [6.45, 7) is 4.75. The standard InChI is InChI=1S/C14H18ClFN2O/c1-9(2)13(8-19-3)18-12-6-10(16)4-5-11(12)17-14(18)7-15/h4-6,9,13H,7-8H2,1-3H3. The van der Waals surface area contributed by atoms with Crippen LogP contribution in [0, 0.1) is 11.7 Å². The number of benzene rings is 1. The lowest BCUT2D eigenvalue weighted by Gasteiger charge is -2.24. The highest BCUT2D eigenvalue weighted by molar-refractivity contribution is 6.16. The van der Waals surface area contributed by atoms with E-state index >= 15 is 0 Å². The summed E-state index contributed by atoms with van der Waals surface area (Å²) < 4.78 is 20.8. The van der Waals surface area contributed by atoms with Crippen molar-refractivity contribution >= 4 is 22.6 Å². The fraction of sp³-hybridized carbons (Fsp3) is 0.500. The van der Waals surface area contributed by atoms with Crippen molar-refractivity contribution in [3.63, 3.8) is 0 Å². The van der Waals surface area contributed by atoms with Crippen LogP contribution in [0.4, 0.5) is 4.39 Å². The molecule has 0 aliphatic rings. The second-order valence-electron chi connectivity index (χ2n) is 4.93. The van der Waals surface area contributed by atoms with Gasteiger partial charge >= 0.3 is 0 Å². The monoisotopic (exact) mass is 284 g/mol. The maximum Gasteiger partial charge on any atom is 0.125 e. The quantitative estimate of drug-likeness (QED) is 0.782. The van der Waals surface area contributed by atoms with Crippen LogP contribution in [0.1, 0.15) is 25.7 Å². The summed E-state index contributed by atoms with van der Waals surface area (Å²) in [5.41, 5.74) is 1.53. The summed E-state index contributed by atoms with van der Waals surface area (Å²) in [4.78, 5) is 4.47. The van der Waals surface area contributed by atoms with E-state index in [0.29, 0.717) is 18.4 Å². The minimum atomic E-state index is -0.269. The third-order valence-electron chi connectivity index (χ3n) is 3.28. The van der Waals surface area contributed by atoms with Crippen molar-refractivity contribution in [2.45, 2.75) is 25.8 Å². The van der Waals surface area contributed by atoms with Crippen LogP contribution in [-0.4, -0.2) is 23.3 Å². The van der Waals surface area contributed by atoms with Crippen molar-refractivity contribution in [1.82, 2.24) is 9.55 Å². The van der Waals surface area contributed by atoms with E-state index in [4.69, 9.17) is 16.3 Å². The first kappa shape index (κ1) is 14.3. The summed E-state index contributed by atoms with van der Waals surface area (Å²) in [5, 5.41) is 0. The molecule has 1 aromatic heterocycles. The van der Waals surface area contributed by atoms with Gasteiger partial charge in [0.1, 0.15) is 11.6 Å². The molecule has 0 radical (unpaired) electrons. The number of imidazole rings is 1. The number of ether oxygens (including phenoxy) is 1. The molecule has 0 aliphatic heterocycles. The van der Waals surface area contributed by atoms with E-state index in [9.17, 15) is 4.39 Å². The lowest BCUT2D eigenvalue weighted by molar-refractivity contribution is 0.134. The molecule has 104 valence electrons. The number of rotatable bonds is 5. The molecule has 0 bridgehead atoms. The molecule has 1 unspecified atom stereocenters. The average molecular weight is 285 g/mol. The van der Waals surface area contributed by atoms with Crippen LogP contribution in [0.2, 0.25) is 0 Å². The van der Waals surface area contributed by atoms with Crippen molar-refractivity contribution in [3.05, 3.63) is 29.8 Å². The van der Waals surface area contributed by atoms with Gasteiger partial charge in [0.2, 0.25) is 0 Å². The van der Waals surface area contributed by atoms with Crippen LogP contribution in [0.25, 0.3) is 11.0 Å². The Labute approximate surface area is 117 Å². The van der Waals surface area contributed by atoms with Gasteiger partial charge in [0.25, 0.3) is 0 Å². The second kappa shape index (κ2) is 5.88. The lowest BCUT2D eigenvalue weighted by atomic mass is 10.0. The highest BCUT2D eigenvalue weighted by atomic mass is 35.5. The molecular weight excluding hydrogens is 267 g/mol. The molecule has 0 amide bonds. The molecule has 0 N–H and O–H groups in total. The fourth-order valence-corrected chi connectivity index (χ4v) is 2.50. The van der Waals surface area contributed by atoms with E-state index in [1.807, 2.05) is 4.57 Å². The third kappa shape index (κ3) is 2.74. The van der Waals surface area contributed by atoms with E-state index in [1.165, 1.54) is 12.1 Å². The topological polar surface area (TPSA) is 27.1 Å². The zero-order chi connectivity index (χ0) is 14.0. The zero-order valence-electron chi connectivity index (χ0n) is 11.4. The van der Waals surface area contributed by atoms with Gasteiger partial charge in [-0.05, 0) is 24.1 Å². The first-order valence-electron chi connectivity index (χ1n) is 6.29. The minimum absolute atomic E-state index is 0.0885. The molecule has 3 nitrogen and oxygen atoms in total. The third-order valence-corrected chi connectivity index (χ3v) is 3.52. The van der Waals surface area contributed by atoms with Gasteiger partial charge in [-0.2, -0.15) is 0 Å². The Balaban J connectivity index is 2.63. The number of halogens is 2. The van der Waals surface area contributed by atoms with Crippen molar-refractivity contribution in [2.75, 3.05) is 13.7 Å². The van der Waals surface area contributed by atoms with Crippen LogP contribution in [0.3, 0.4) is 0 Å². The fourth-order valence-electron chi connectivity index (χ4n) is 2.32. The van der Waals surface area contributed by atoms with E-state index in [2.05, 4.69) is 18.8 Å². The van der Waals surface area contributed by atoms with Gasteiger partial charge in [-0.25, -0.2) is 9.37 Å². The highest BCUT2D eigenvalue weighted by Crippen LogP contribution is 2.27. The highest BCUT2D eigenvalue weighted by Gasteiger charge is 2.21. The summed E-state index contributed by atoms with van der Waals surface area (Å²) in [6, 6.07) is 4.69.